The van der Waals surface area contributed by atoms with Gasteiger partial charge in [0.05, 0.1) is 38.8 Å². The summed E-state index contributed by atoms with van der Waals surface area (Å²) >= 11 is 0. The van der Waals surface area contributed by atoms with Gasteiger partial charge >= 0.3 is 0 Å². The molecule has 32 heavy (non-hydrogen) atoms. The Bertz CT molecular complexity index is 1070. The van der Waals surface area contributed by atoms with Crippen molar-refractivity contribution in [3.8, 4) is 17.0 Å². The minimum atomic E-state index is -2.77. The maximum atomic E-state index is 13.7. The van der Waals surface area contributed by atoms with Gasteiger partial charge in [-0.15, -0.1) is 0 Å². The van der Waals surface area contributed by atoms with E-state index in [1.165, 1.54) is 17.2 Å². The molecule has 8 nitrogen and oxygen atoms in total. The van der Waals surface area contributed by atoms with Gasteiger partial charge in [-0.1, -0.05) is 0 Å². The molecule has 0 unspecified atom stereocenters. The first kappa shape index (κ1) is 22.1. The van der Waals surface area contributed by atoms with Gasteiger partial charge in [-0.2, -0.15) is 5.10 Å². The highest BCUT2D eigenvalue weighted by Gasteiger charge is 2.21. The summed E-state index contributed by atoms with van der Waals surface area (Å²) in [5.41, 5.74) is 0.916. The normalized spacial score (nSPS) is 14.8. The first-order valence-electron chi connectivity index (χ1n) is 10.6. The van der Waals surface area contributed by atoms with Crippen LogP contribution >= 0.6 is 0 Å². The van der Waals surface area contributed by atoms with E-state index in [2.05, 4.69) is 15.4 Å². The highest BCUT2D eigenvalue weighted by molar-refractivity contribution is 5.99. The molecule has 0 aliphatic carbocycles. The van der Waals surface area contributed by atoms with Crippen molar-refractivity contribution in [3.63, 3.8) is 0 Å². The molecule has 10 heteroatoms. The lowest BCUT2D eigenvalue weighted by molar-refractivity contribution is -0.908. The van der Waals surface area contributed by atoms with Gasteiger partial charge in [-0.3, -0.25) is 4.79 Å². The van der Waals surface area contributed by atoms with Crippen LogP contribution in [0.15, 0.2) is 36.5 Å². The van der Waals surface area contributed by atoms with Crippen LogP contribution in [0, 0.1) is 0 Å². The molecule has 170 valence electrons. The summed E-state index contributed by atoms with van der Waals surface area (Å²) in [4.78, 5) is 18.7. The van der Waals surface area contributed by atoms with Crippen LogP contribution in [0.1, 0.15) is 28.9 Å². The lowest BCUT2D eigenvalue weighted by Crippen LogP contribution is -3.14. The molecular formula is C22H26F2N5O3+. The summed E-state index contributed by atoms with van der Waals surface area (Å²) in [6.45, 7) is 4.89. The summed E-state index contributed by atoms with van der Waals surface area (Å²) in [6, 6.07) is 8.21. The highest BCUT2D eigenvalue weighted by atomic mass is 19.3. The van der Waals surface area contributed by atoms with Crippen molar-refractivity contribution in [2.24, 2.45) is 0 Å². The molecule has 0 saturated carbocycles. The minimum Gasteiger partial charge on any atom is -0.497 e. The number of halogens is 2. The van der Waals surface area contributed by atoms with E-state index in [0.29, 0.717) is 23.6 Å². The lowest BCUT2D eigenvalue weighted by atomic mass is 10.1. The number of nitrogens with one attached hydrogen (secondary N) is 2. The molecule has 0 bridgehead atoms. The van der Waals surface area contributed by atoms with E-state index in [1.807, 2.05) is 0 Å². The maximum Gasteiger partial charge on any atom is 0.280 e. The Kier molecular flexibility index (Phi) is 6.91. The standard InChI is InChI=1S/C22H25F2N5O3/c1-31-16-5-3-15(4-6-16)18-13-19(20(23)24)29-21(27-18)17(14-26-29)22(30)25-7-2-8-28-9-11-32-12-10-28/h3-6,13-14,20H,2,7-12H2,1H3,(H,25,30)/p+1. The number of nitrogens with zero attached hydrogens (tertiary/aromatic N) is 3. The average Bonchev–Trinajstić information content (AvgIpc) is 3.26. The molecule has 0 atom stereocenters. The topological polar surface area (TPSA) is 82.2 Å². The first-order chi connectivity index (χ1) is 15.6. The van der Waals surface area contributed by atoms with Crippen molar-refractivity contribution in [3.05, 3.63) is 47.8 Å². The van der Waals surface area contributed by atoms with Crippen molar-refractivity contribution >= 4 is 11.6 Å². The van der Waals surface area contributed by atoms with Crippen LogP contribution < -0.4 is 15.0 Å². The van der Waals surface area contributed by atoms with E-state index in [9.17, 15) is 13.6 Å². The van der Waals surface area contributed by atoms with E-state index in [0.717, 1.165) is 43.8 Å². The molecule has 1 saturated heterocycles. The minimum absolute atomic E-state index is 0.102. The van der Waals surface area contributed by atoms with Gasteiger partial charge in [-0.05, 0) is 30.3 Å². The van der Waals surface area contributed by atoms with E-state index in [1.54, 1.807) is 31.4 Å². The van der Waals surface area contributed by atoms with E-state index in [-0.39, 0.29) is 22.8 Å². The second-order valence-electron chi connectivity index (χ2n) is 7.61. The van der Waals surface area contributed by atoms with Gasteiger partial charge in [0.25, 0.3) is 12.3 Å². The molecule has 1 aromatic carbocycles. The van der Waals surface area contributed by atoms with Gasteiger partial charge in [-0.25, -0.2) is 18.3 Å². The Labute approximate surface area is 184 Å². The number of hydrogen-bond donors (Lipinski definition) is 2. The fraction of sp³-hybridized carbons (Fsp3) is 0.409. The van der Waals surface area contributed by atoms with Gasteiger partial charge in [0.15, 0.2) is 5.65 Å². The fourth-order valence-electron chi connectivity index (χ4n) is 3.76. The van der Waals surface area contributed by atoms with E-state index < -0.39 is 6.43 Å². The van der Waals surface area contributed by atoms with Crippen molar-refractivity contribution in [2.45, 2.75) is 12.8 Å². The zero-order chi connectivity index (χ0) is 22.5. The summed E-state index contributed by atoms with van der Waals surface area (Å²) in [5, 5.41) is 6.86. The molecule has 1 aliphatic heterocycles. The Hall–Kier alpha value is -3.11. The zero-order valence-electron chi connectivity index (χ0n) is 17.8. The van der Waals surface area contributed by atoms with Crippen LogP contribution in [0.4, 0.5) is 8.78 Å². The number of hydrogen-bond acceptors (Lipinski definition) is 5. The molecule has 3 heterocycles. The van der Waals surface area contributed by atoms with Crippen LogP contribution in [0.2, 0.25) is 0 Å². The number of amides is 1. The van der Waals surface area contributed by atoms with Gasteiger partial charge in [0.2, 0.25) is 0 Å². The summed E-state index contributed by atoms with van der Waals surface area (Å²) in [5.74, 6) is 0.267. The number of morpholine rings is 1. The molecular weight excluding hydrogens is 420 g/mol. The predicted molar refractivity (Wildman–Crippen MR) is 113 cm³/mol. The molecule has 1 amide bonds. The summed E-state index contributed by atoms with van der Waals surface area (Å²) in [7, 11) is 1.55. The number of methoxy groups -OCH3 is 1. The number of benzene rings is 1. The molecule has 4 rings (SSSR count). The smallest absolute Gasteiger partial charge is 0.280 e. The Balaban J connectivity index is 1.53. The van der Waals surface area contributed by atoms with Crippen LogP contribution in [0.5, 0.6) is 5.75 Å². The quantitative estimate of drug-likeness (QED) is 0.511. The Morgan fingerprint density at radius 1 is 1.28 bits per heavy atom. The Morgan fingerprint density at radius 3 is 2.72 bits per heavy atom. The number of carbonyl (C=O) groups is 1. The van der Waals surface area contributed by atoms with Crippen LogP contribution in [-0.2, 0) is 4.74 Å². The van der Waals surface area contributed by atoms with Gasteiger partial charge in [0.1, 0.15) is 30.1 Å². The lowest BCUT2D eigenvalue weighted by Gasteiger charge is -2.23. The molecule has 1 aliphatic rings. The van der Waals surface area contributed by atoms with E-state index in [4.69, 9.17) is 9.47 Å². The number of rotatable bonds is 8. The monoisotopic (exact) mass is 446 g/mol. The first-order valence-corrected chi connectivity index (χ1v) is 10.6. The van der Waals surface area contributed by atoms with Crippen molar-refractivity contribution in [2.75, 3.05) is 46.5 Å². The number of ether oxygens (including phenoxy) is 2. The molecule has 0 radical (unpaired) electrons. The third-order valence-electron chi connectivity index (χ3n) is 5.55. The van der Waals surface area contributed by atoms with Crippen molar-refractivity contribution in [1.29, 1.82) is 0 Å². The number of fused-ring (bicyclic) bond motifs is 1. The molecule has 1 fully saturated rings. The Morgan fingerprint density at radius 2 is 2.03 bits per heavy atom. The second-order valence-corrected chi connectivity index (χ2v) is 7.61. The zero-order valence-corrected chi connectivity index (χ0v) is 17.8. The average molecular weight is 446 g/mol. The maximum absolute atomic E-state index is 13.7. The van der Waals surface area contributed by atoms with Crippen LogP contribution in [0.25, 0.3) is 16.9 Å². The SMILES string of the molecule is COc1ccc(-c2cc(C(F)F)n3ncc(C(=O)NCCC[NH+]4CCOCC4)c3n2)cc1. The summed E-state index contributed by atoms with van der Waals surface area (Å²) < 4.78 is 39.0. The second kappa shape index (κ2) is 10.0. The third kappa shape index (κ3) is 4.86. The van der Waals surface area contributed by atoms with Crippen LogP contribution in [0.3, 0.4) is 0 Å². The highest BCUT2D eigenvalue weighted by Crippen LogP contribution is 2.27. The van der Waals surface area contributed by atoms with Crippen molar-refractivity contribution < 1.29 is 27.9 Å². The largest absolute Gasteiger partial charge is 0.497 e. The molecule has 2 N–H and O–H groups in total. The number of alkyl halides is 2. The molecule has 2 aromatic heterocycles. The number of aromatic nitrogens is 3. The van der Waals surface area contributed by atoms with Crippen LogP contribution in [-0.4, -0.2) is 67.0 Å². The number of carbonyl (C=O) groups excluding carboxylic acids is 1. The van der Waals surface area contributed by atoms with E-state index >= 15 is 0 Å². The molecule has 3 aromatic rings. The fourth-order valence-corrected chi connectivity index (χ4v) is 3.76. The molecule has 0 spiro atoms. The van der Waals surface area contributed by atoms with Gasteiger partial charge in [0, 0.05) is 18.5 Å². The number of quaternary nitrogens is 1. The third-order valence-corrected chi connectivity index (χ3v) is 5.55. The van der Waals surface area contributed by atoms with Crippen molar-refractivity contribution in [1.82, 2.24) is 19.9 Å². The summed E-state index contributed by atoms with van der Waals surface area (Å²) in [6.07, 6.45) is -0.674. The van der Waals surface area contributed by atoms with Gasteiger partial charge < -0.3 is 19.7 Å². The predicted octanol–water partition coefficient (Wildman–Crippen LogP) is 1.38.